The van der Waals surface area contributed by atoms with Crippen LogP contribution in [0.3, 0.4) is 0 Å². The highest BCUT2D eigenvalue weighted by molar-refractivity contribution is 5.93. The lowest BCUT2D eigenvalue weighted by atomic mass is 10.1. The molecule has 6 heteroatoms. The van der Waals surface area contributed by atoms with Crippen molar-refractivity contribution >= 4 is 5.91 Å². The third-order valence-corrected chi connectivity index (χ3v) is 3.34. The first-order valence-corrected chi connectivity index (χ1v) is 6.57. The van der Waals surface area contributed by atoms with Crippen LogP contribution in [0.2, 0.25) is 0 Å². The third kappa shape index (κ3) is 2.79. The first-order valence-electron chi connectivity index (χ1n) is 6.57. The number of piperidine rings is 1. The molecule has 20 heavy (non-hydrogen) atoms. The molecule has 2 aromatic rings. The Kier molecular flexibility index (Phi) is 3.62. The number of rotatable bonds is 3. The van der Waals surface area contributed by atoms with Gasteiger partial charge in [0.1, 0.15) is 18.7 Å². The van der Waals surface area contributed by atoms with Crippen molar-refractivity contribution in [2.75, 3.05) is 13.1 Å². The maximum absolute atomic E-state index is 12.1. The van der Waals surface area contributed by atoms with Crippen LogP contribution in [0, 0.1) is 0 Å². The van der Waals surface area contributed by atoms with E-state index in [0.29, 0.717) is 24.5 Å². The smallest absolute Gasteiger partial charge is 0.257 e. The molecule has 2 aromatic heterocycles. The lowest BCUT2D eigenvalue weighted by Gasteiger charge is -2.31. The Bertz CT molecular complexity index is 548. The molecule has 1 aliphatic heterocycles. The highest BCUT2D eigenvalue weighted by Crippen LogP contribution is 2.18. The Hall–Kier alpha value is -2.37. The summed E-state index contributed by atoms with van der Waals surface area (Å²) in [5, 5.41) is 0. The second-order valence-electron chi connectivity index (χ2n) is 4.67. The van der Waals surface area contributed by atoms with E-state index in [1.807, 2.05) is 4.90 Å². The summed E-state index contributed by atoms with van der Waals surface area (Å²) in [6.45, 7) is 1.36. The number of nitrogens with zero attached hydrogens (tertiary/aromatic N) is 3. The molecule has 1 aliphatic rings. The highest BCUT2D eigenvalue weighted by Gasteiger charge is 2.25. The van der Waals surface area contributed by atoms with Gasteiger partial charge in [0, 0.05) is 38.2 Å². The Balaban J connectivity index is 1.53. The number of ether oxygens (including phenoxy) is 1. The minimum Gasteiger partial charge on any atom is -0.474 e. The zero-order valence-electron chi connectivity index (χ0n) is 10.9. The van der Waals surface area contributed by atoms with Crippen LogP contribution in [0.1, 0.15) is 23.2 Å². The molecule has 6 nitrogen and oxygen atoms in total. The summed E-state index contributed by atoms with van der Waals surface area (Å²) in [6, 6.07) is 3.43. The summed E-state index contributed by atoms with van der Waals surface area (Å²) in [4.78, 5) is 21.8. The second-order valence-corrected chi connectivity index (χ2v) is 4.67. The number of furan rings is 1. The van der Waals surface area contributed by atoms with Crippen LogP contribution in [0.5, 0.6) is 5.88 Å². The number of carbonyl (C=O) groups excluding carboxylic acids is 1. The van der Waals surface area contributed by atoms with E-state index in [4.69, 9.17) is 9.15 Å². The topological polar surface area (TPSA) is 68.5 Å². The third-order valence-electron chi connectivity index (χ3n) is 3.34. The minimum absolute atomic E-state index is 0.0132. The Labute approximate surface area is 116 Å². The van der Waals surface area contributed by atoms with Gasteiger partial charge in [-0.1, -0.05) is 0 Å². The molecule has 0 atom stereocenters. The Morgan fingerprint density at radius 2 is 2.20 bits per heavy atom. The van der Waals surface area contributed by atoms with E-state index < -0.39 is 0 Å². The molecule has 0 N–H and O–H groups in total. The van der Waals surface area contributed by atoms with Crippen molar-refractivity contribution in [2.45, 2.75) is 18.9 Å². The molecule has 3 rings (SSSR count). The molecule has 0 spiro atoms. The van der Waals surface area contributed by atoms with E-state index in [2.05, 4.69) is 9.97 Å². The molecule has 1 saturated heterocycles. The predicted octanol–water partition coefficient (Wildman–Crippen LogP) is 1.75. The number of likely N-dealkylation sites (tertiary alicyclic amines) is 1. The van der Waals surface area contributed by atoms with Gasteiger partial charge < -0.3 is 14.1 Å². The molecular weight excluding hydrogens is 258 g/mol. The van der Waals surface area contributed by atoms with E-state index in [1.54, 1.807) is 18.3 Å². The molecule has 0 aliphatic carbocycles. The number of amides is 1. The van der Waals surface area contributed by atoms with Gasteiger partial charge in [0.15, 0.2) is 0 Å². The largest absolute Gasteiger partial charge is 0.474 e. The van der Waals surface area contributed by atoms with E-state index in [0.717, 1.165) is 12.8 Å². The molecule has 1 fully saturated rings. The second kappa shape index (κ2) is 5.73. The molecule has 3 heterocycles. The molecule has 0 unspecified atom stereocenters. The summed E-state index contributed by atoms with van der Waals surface area (Å²) in [5.74, 6) is 0.596. The first-order chi connectivity index (χ1) is 9.83. The van der Waals surface area contributed by atoms with Crippen LogP contribution < -0.4 is 4.74 Å². The summed E-state index contributed by atoms with van der Waals surface area (Å²) in [5.41, 5.74) is 0.597. The fourth-order valence-electron chi connectivity index (χ4n) is 2.26. The number of aromatic nitrogens is 2. The molecule has 0 bridgehead atoms. The van der Waals surface area contributed by atoms with Crippen molar-refractivity contribution in [3.05, 3.63) is 42.7 Å². The maximum atomic E-state index is 12.1. The van der Waals surface area contributed by atoms with Crippen molar-refractivity contribution in [1.29, 1.82) is 0 Å². The van der Waals surface area contributed by atoms with Crippen LogP contribution in [-0.2, 0) is 0 Å². The number of carbonyl (C=O) groups is 1. The van der Waals surface area contributed by atoms with Gasteiger partial charge in [0.2, 0.25) is 5.88 Å². The van der Waals surface area contributed by atoms with Gasteiger partial charge in [-0.3, -0.25) is 4.79 Å². The molecule has 1 amide bonds. The highest BCUT2D eigenvalue weighted by atomic mass is 16.5. The van der Waals surface area contributed by atoms with E-state index in [1.165, 1.54) is 18.9 Å². The van der Waals surface area contributed by atoms with Gasteiger partial charge in [0.05, 0.1) is 11.8 Å². The van der Waals surface area contributed by atoms with Crippen LogP contribution in [0.25, 0.3) is 0 Å². The zero-order valence-corrected chi connectivity index (χ0v) is 10.9. The molecule has 0 saturated carbocycles. The Morgan fingerprint density at radius 1 is 1.35 bits per heavy atom. The van der Waals surface area contributed by atoms with Crippen molar-refractivity contribution < 1.29 is 13.9 Å². The van der Waals surface area contributed by atoms with Crippen molar-refractivity contribution in [2.24, 2.45) is 0 Å². The standard InChI is InChI=1S/C14H15N3O3/c18-14(11-4-8-19-9-11)17-6-2-12(3-7-17)20-13-1-5-15-10-16-13/h1,4-5,8-10,12H,2-3,6-7H2. The quantitative estimate of drug-likeness (QED) is 0.852. The number of hydrogen-bond donors (Lipinski definition) is 0. The average Bonchev–Trinajstić information content (AvgIpc) is 3.03. The van der Waals surface area contributed by atoms with Crippen molar-refractivity contribution in [3.63, 3.8) is 0 Å². The van der Waals surface area contributed by atoms with Crippen LogP contribution in [0.4, 0.5) is 0 Å². The number of hydrogen-bond acceptors (Lipinski definition) is 5. The van der Waals surface area contributed by atoms with E-state index in [-0.39, 0.29) is 12.0 Å². The molecule has 104 valence electrons. The predicted molar refractivity (Wildman–Crippen MR) is 70.3 cm³/mol. The van der Waals surface area contributed by atoms with Gasteiger partial charge in [-0.05, 0) is 6.07 Å². The van der Waals surface area contributed by atoms with Gasteiger partial charge in [-0.15, -0.1) is 0 Å². The SMILES string of the molecule is O=C(c1ccoc1)N1CCC(Oc2ccncn2)CC1. The summed E-state index contributed by atoms with van der Waals surface area (Å²) in [6.07, 6.45) is 7.80. The molecule has 0 radical (unpaired) electrons. The van der Waals surface area contributed by atoms with Gasteiger partial charge in [-0.25, -0.2) is 9.97 Å². The van der Waals surface area contributed by atoms with Gasteiger partial charge in [0.25, 0.3) is 5.91 Å². The van der Waals surface area contributed by atoms with Crippen LogP contribution in [-0.4, -0.2) is 40.0 Å². The normalized spacial score (nSPS) is 16.1. The van der Waals surface area contributed by atoms with Crippen molar-refractivity contribution in [1.82, 2.24) is 14.9 Å². The monoisotopic (exact) mass is 273 g/mol. The summed E-state index contributed by atoms with van der Waals surface area (Å²) in [7, 11) is 0. The lowest BCUT2D eigenvalue weighted by Crippen LogP contribution is -2.41. The molecule has 0 aromatic carbocycles. The first kappa shape index (κ1) is 12.7. The van der Waals surface area contributed by atoms with E-state index in [9.17, 15) is 4.79 Å². The van der Waals surface area contributed by atoms with Crippen LogP contribution in [0.15, 0.2) is 41.6 Å². The fraction of sp³-hybridized carbons (Fsp3) is 0.357. The fourth-order valence-corrected chi connectivity index (χ4v) is 2.26. The Morgan fingerprint density at radius 3 is 2.85 bits per heavy atom. The van der Waals surface area contributed by atoms with Gasteiger partial charge >= 0.3 is 0 Å². The maximum Gasteiger partial charge on any atom is 0.257 e. The van der Waals surface area contributed by atoms with Crippen LogP contribution >= 0.6 is 0 Å². The average molecular weight is 273 g/mol. The summed E-state index contributed by atoms with van der Waals surface area (Å²) >= 11 is 0. The molecular formula is C14H15N3O3. The lowest BCUT2D eigenvalue weighted by molar-refractivity contribution is 0.0587. The van der Waals surface area contributed by atoms with Gasteiger partial charge in [-0.2, -0.15) is 0 Å². The van der Waals surface area contributed by atoms with Crippen molar-refractivity contribution in [3.8, 4) is 5.88 Å². The minimum atomic E-state index is 0.0132. The zero-order chi connectivity index (χ0) is 13.8. The summed E-state index contributed by atoms with van der Waals surface area (Å²) < 4.78 is 10.7. The van der Waals surface area contributed by atoms with E-state index >= 15 is 0 Å².